The van der Waals surface area contributed by atoms with Gasteiger partial charge in [0.25, 0.3) is 0 Å². The van der Waals surface area contributed by atoms with Crippen LogP contribution in [0.15, 0.2) is 29.3 Å². The van der Waals surface area contributed by atoms with E-state index >= 15 is 0 Å². The maximum absolute atomic E-state index is 12.2. The van der Waals surface area contributed by atoms with Gasteiger partial charge >= 0.3 is 6.18 Å². The van der Waals surface area contributed by atoms with Crippen LogP contribution in [0, 0.1) is 0 Å². The number of para-hydroxylation sites is 1. The van der Waals surface area contributed by atoms with E-state index in [0.717, 1.165) is 17.7 Å². The predicted molar refractivity (Wildman–Crippen MR) is 83.9 cm³/mol. The molecule has 0 fully saturated rings. The molecule has 1 atom stereocenters. The minimum atomic E-state index is -4.16. The first-order valence-corrected chi connectivity index (χ1v) is 7.80. The second-order valence-corrected chi connectivity index (χ2v) is 5.38. The molecule has 2 rings (SSSR count). The monoisotopic (exact) mass is 329 g/mol. The zero-order valence-electron chi connectivity index (χ0n) is 13.1. The molecule has 1 aromatic rings. The van der Waals surface area contributed by atoms with Crippen molar-refractivity contribution < 1.29 is 17.9 Å². The van der Waals surface area contributed by atoms with Crippen LogP contribution in [-0.2, 0) is 0 Å². The first kappa shape index (κ1) is 17.4. The molecule has 1 aromatic carbocycles. The number of fused-ring (bicyclic) bond motifs is 1. The number of hydrogen-bond acceptors (Lipinski definition) is 2. The summed E-state index contributed by atoms with van der Waals surface area (Å²) in [6.07, 6.45) is -4.19. The molecule has 0 aromatic heterocycles. The second kappa shape index (κ2) is 8.08. The van der Waals surface area contributed by atoms with Gasteiger partial charge in [0.15, 0.2) is 5.96 Å². The van der Waals surface area contributed by atoms with Crippen molar-refractivity contribution in [1.82, 2.24) is 10.6 Å². The number of alkyl halides is 3. The molecule has 4 nitrogen and oxygen atoms in total. The average Bonchev–Trinajstić information content (AvgIpc) is 2.51. The van der Waals surface area contributed by atoms with Crippen LogP contribution < -0.4 is 15.4 Å². The Morgan fingerprint density at radius 2 is 2.09 bits per heavy atom. The highest BCUT2D eigenvalue weighted by Crippen LogP contribution is 2.33. The van der Waals surface area contributed by atoms with Gasteiger partial charge in [0.1, 0.15) is 5.75 Å². The highest BCUT2D eigenvalue weighted by molar-refractivity contribution is 5.79. The molecule has 1 aliphatic rings. The van der Waals surface area contributed by atoms with Crippen molar-refractivity contribution in [2.24, 2.45) is 4.99 Å². The Morgan fingerprint density at radius 1 is 1.30 bits per heavy atom. The summed E-state index contributed by atoms with van der Waals surface area (Å²) in [5.74, 6) is 1.51. The van der Waals surface area contributed by atoms with Gasteiger partial charge in [0.05, 0.1) is 13.0 Å². The van der Waals surface area contributed by atoms with Crippen molar-refractivity contribution in [1.29, 1.82) is 0 Å². The van der Waals surface area contributed by atoms with Gasteiger partial charge in [-0.05, 0) is 25.0 Å². The fourth-order valence-corrected chi connectivity index (χ4v) is 2.47. The summed E-state index contributed by atoms with van der Waals surface area (Å²) in [6.45, 7) is 3.45. The molecule has 0 saturated heterocycles. The minimum Gasteiger partial charge on any atom is -0.493 e. The van der Waals surface area contributed by atoms with Crippen LogP contribution in [0.4, 0.5) is 13.2 Å². The largest absolute Gasteiger partial charge is 0.493 e. The smallest absolute Gasteiger partial charge is 0.390 e. The number of nitrogens with zero attached hydrogens (tertiary/aromatic N) is 1. The van der Waals surface area contributed by atoms with Gasteiger partial charge < -0.3 is 15.4 Å². The Bertz CT molecular complexity index is 532. The molecular formula is C16H22F3N3O. The lowest BCUT2D eigenvalue weighted by Gasteiger charge is -2.25. The highest BCUT2D eigenvalue weighted by Gasteiger charge is 2.26. The van der Waals surface area contributed by atoms with Gasteiger partial charge in [-0.3, -0.25) is 4.99 Å². The lowest BCUT2D eigenvalue weighted by atomic mass is 9.93. The first-order chi connectivity index (χ1) is 11.0. The van der Waals surface area contributed by atoms with Gasteiger partial charge in [0, 0.05) is 25.6 Å². The van der Waals surface area contributed by atoms with Gasteiger partial charge in [-0.1, -0.05) is 18.2 Å². The number of aliphatic imine (C=N–C) groups is 1. The minimum absolute atomic E-state index is 0.181. The van der Waals surface area contributed by atoms with Crippen molar-refractivity contribution >= 4 is 5.96 Å². The number of hydrogen-bond donors (Lipinski definition) is 2. The van der Waals surface area contributed by atoms with E-state index in [1.165, 1.54) is 0 Å². The van der Waals surface area contributed by atoms with E-state index in [-0.39, 0.29) is 12.5 Å². The van der Waals surface area contributed by atoms with Crippen LogP contribution in [0.2, 0.25) is 0 Å². The third kappa shape index (κ3) is 5.65. The van der Waals surface area contributed by atoms with Crippen LogP contribution >= 0.6 is 0 Å². The summed E-state index contributed by atoms with van der Waals surface area (Å²) in [5, 5.41) is 5.70. The molecule has 0 radical (unpaired) electrons. The molecule has 0 bridgehead atoms. The zero-order chi connectivity index (χ0) is 16.7. The molecular weight excluding hydrogens is 307 g/mol. The van der Waals surface area contributed by atoms with Crippen molar-refractivity contribution in [3.8, 4) is 5.75 Å². The summed E-state index contributed by atoms with van der Waals surface area (Å²) in [4.78, 5) is 4.43. The number of guanidine groups is 1. The summed E-state index contributed by atoms with van der Waals surface area (Å²) in [6, 6.07) is 7.82. The third-order valence-corrected chi connectivity index (χ3v) is 3.60. The number of nitrogens with one attached hydrogen (secondary N) is 2. The van der Waals surface area contributed by atoms with Crippen LogP contribution in [0.25, 0.3) is 0 Å². The van der Waals surface area contributed by atoms with Crippen LogP contribution in [0.3, 0.4) is 0 Å². The highest BCUT2D eigenvalue weighted by atomic mass is 19.4. The number of benzene rings is 1. The Morgan fingerprint density at radius 3 is 2.83 bits per heavy atom. The first-order valence-electron chi connectivity index (χ1n) is 7.80. The Labute approximate surface area is 134 Å². The Balaban J connectivity index is 1.95. The van der Waals surface area contributed by atoms with E-state index in [9.17, 15) is 13.2 Å². The Hall–Kier alpha value is -1.92. The van der Waals surface area contributed by atoms with Crippen molar-refractivity contribution in [3.63, 3.8) is 0 Å². The predicted octanol–water partition coefficient (Wildman–Crippen LogP) is 3.06. The molecule has 0 aliphatic carbocycles. The summed E-state index contributed by atoms with van der Waals surface area (Å²) < 4.78 is 42.3. The number of halogens is 3. The van der Waals surface area contributed by atoms with E-state index in [2.05, 4.69) is 15.6 Å². The van der Waals surface area contributed by atoms with Crippen molar-refractivity contribution in [2.45, 2.75) is 31.9 Å². The van der Waals surface area contributed by atoms with Gasteiger partial charge in [0.2, 0.25) is 0 Å². The molecule has 128 valence electrons. The van der Waals surface area contributed by atoms with E-state index in [4.69, 9.17) is 4.74 Å². The van der Waals surface area contributed by atoms with Gasteiger partial charge in [-0.15, -0.1) is 0 Å². The molecule has 0 amide bonds. The third-order valence-electron chi connectivity index (χ3n) is 3.60. The normalized spacial score (nSPS) is 18.1. The fourth-order valence-electron chi connectivity index (χ4n) is 2.47. The summed E-state index contributed by atoms with van der Waals surface area (Å²) in [5.41, 5.74) is 1.11. The maximum atomic E-state index is 12.2. The summed E-state index contributed by atoms with van der Waals surface area (Å²) >= 11 is 0. The molecule has 1 aliphatic heterocycles. The molecule has 1 heterocycles. The van der Waals surface area contributed by atoms with Crippen LogP contribution in [0.1, 0.15) is 31.2 Å². The lowest BCUT2D eigenvalue weighted by molar-refractivity contribution is -0.132. The molecule has 2 N–H and O–H groups in total. The quantitative estimate of drug-likeness (QED) is 0.645. The zero-order valence-corrected chi connectivity index (χ0v) is 13.1. The Kier molecular flexibility index (Phi) is 6.12. The number of ether oxygens (including phenoxy) is 1. The van der Waals surface area contributed by atoms with Crippen molar-refractivity contribution in [3.05, 3.63) is 29.8 Å². The molecule has 0 spiro atoms. The fraction of sp³-hybridized carbons (Fsp3) is 0.562. The number of rotatable bonds is 5. The van der Waals surface area contributed by atoms with Crippen molar-refractivity contribution in [2.75, 3.05) is 26.2 Å². The summed E-state index contributed by atoms with van der Waals surface area (Å²) in [7, 11) is 0. The van der Waals surface area contributed by atoms with E-state index in [1.54, 1.807) is 0 Å². The van der Waals surface area contributed by atoms with E-state index in [1.807, 2.05) is 31.2 Å². The van der Waals surface area contributed by atoms with Gasteiger partial charge in [-0.2, -0.15) is 13.2 Å². The second-order valence-electron chi connectivity index (χ2n) is 5.38. The van der Waals surface area contributed by atoms with Gasteiger partial charge in [-0.25, -0.2) is 0 Å². The maximum Gasteiger partial charge on any atom is 0.390 e. The molecule has 23 heavy (non-hydrogen) atoms. The average molecular weight is 329 g/mol. The standard InChI is InChI=1S/C16H22F3N3O/c1-2-20-15(21-9-8-16(17,18)19)22-11-12-7-10-23-14-6-4-3-5-13(12)14/h3-6,12H,2,7-11H2,1H3,(H2,20,21,22). The SMILES string of the molecule is CCNC(=NCC1CCOc2ccccc21)NCCC(F)(F)F. The van der Waals surface area contributed by atoms with E-state index in [0.29, 0.717) is 25.7 Å². The molecule has 0 saturated carbocycles. The van der Waals surface area contributed by atoms with Crippen LogP contribution in [0.5, 0.6) is 5.75 Å². The van der Waals surface area contributed by atoms with Crippen LogP contribution in [-0.4, -0.2) is 38.4 Å². The topological polar surface area (TPSA) is 45.7 Å². The molecule has 7 heteroatoms. The molecule has 1 unspecified atom stereocenters. The van der Waals surface area contributed by atoms with E-state index < -0.39 is 12.6 Å². The lowest BCUT2D eigenvalue weighted by Crippen LogP contribution is -2.39.